The molecule has 2 aromatic rings. The minimum Gasteiger partial charge on any atom is -0.461 e. The van der Waals surface area contributed by atoms with Crippen molar-refractivity contribution in [1.29, 1.82) is 0 Å². The van der Waals surface area contributed by atoms with Crippen molar-refractivity contribution in [2.45, 2.75) is 13.8 Å². The maximum atomic E-state index is 11.2. The maximum absolute atomic E-state index is 11.2. The van der Waals surface area contributed by atoms with Crippen LogP contribution in [0.15, 0.2) is 57.7 Å². The number of hydrogen-bond donors (Lipinski definition) is 0. The first-order chi connectivity index (χ1) is 14.3. The number of benzene rings is 2. The Balaban J connectivity index is 2.18. The number of nitro benzene ring substituents is 1. The highest BCUT2D eigenvalue weighted by Gasteiger charge is 2.14. The van der Waals surface area contributed by atoms with Crippen LogP contribution in [0.1, 0.15) is 12.5 Å². The van der Waals surface area contributed by atoms with Crippen LogP contribution in [0.5, 0.6) is 0 Å². The zero-order chi connectivity index (χ0) is 22.3. The van der Waals surface area contributed by atoms with Crippen LogP contribution in [-0.4, -0.2) is 30.6 Å². The van der Waals surface area contributed by atoms with Crippen molar-refractivity contribution < 1.29 is 14.5 Å². The third-order valence-electron chi connectivity index (χ3n) is 4.17. The van der Waals surface area contributed by atoms with Gasteiger partial charge in [-0.3, -0.25) is 10.1 Å². The van der Waals surface area contributed by atoms with Gasteiger partial charge < -0.3 is 9.64 Å². The van der Waals surface area contributed by atoms with Gasteiger partial charge in [0.1, 0.15) is 12.3 Å². The van der Waals surface area contributed by atoms with Crippen LogP contribution < -0.4 is 4.90 Å². The van der Waals surface area contributed by atoms with Gasteiger partial charge >= 0.3 is 5.97 Å². The molecule has 0 saturated heterocycles. The first kappa shape index (κ1) is 23.5. The van der Waals surface area contributed by atoms with E-state index in [0.717, 1.165) is 23.9 Å². The van der Waals surface area contributed by atoms with Crippen molar-refractivity contribution in [2.24, 2.45) is 10.2 Å². The Bertz CT molecular complexity index is 974. The number of hydrogen-bond acceptors (Lipinski definition) is 7. The third-order valence-corrected chi connectivity index (χ3v) is 5.06. The average molecular weight is 496 g/mol. The van der Waals surface area contributed by atoms with E-state index in [2.05, 4.69) is 37.6 Å². The van der Waals surface area contributed by atoms with Crippen LogP contribution in [0.4, 0.5) is 22.7 Å². The van der Waals surface area contributed by atoms with Gasteiger partial charge in [0, 0.05) is 30.4 Å². The monoisotopic (exact) mass is 494 g/mol. The predicted octanol–water partition coefficient (Wildman–Crippen LogP) is 6.29. The second-order valence-electron chi connectivity index (χ2n) is 6.14. The van der Waals surface area contributed by atoms with Crippen molar-refractivity contribution in [2.75, 3.05) is 24.6 Å². The second kappa shape index (κ2) is 10.8. The molecule has 8 nitrogen and oxygen atoms in total. The van der Waals surface area contributed by atoms with E-state index >= 15 is 0 Å². The lowest BCUT2D eigenvalue weighted by Gasteiger charge is -2.23. The Morgan fingerprint density at radius 2 is 2.10 bits per heavy atom. The van der Waals surface area contributed by atoms with E-state index in [0.29, 0.717) is 22.4 Å². The quantitative estimate of drug-likeness (QED) is 0.134. The lowest BCUT2D eigenvalue weighted by Crippen LogP contribution is -2.27. The Hall–Kier alpha value is -2.78. The summed E-state index contributed by atoms with van der Waals surface area (Å²) in [7, 11) is 0. The molecule has 0 amide bonds. The molecule has 0 N–H and O–H groups in total. The number of anilines is 1. The fourth-order valence-electron chi connectivity index (χ4n) is 2.59. The number of nitrogens with zero attached hydrogens (tertiary/aromatic N) is 4. The fraction of sp³-hybridized carbons (Fsp3) is 0.250. The van der Waals surface area contributed by atoms with E-state index in [4.69, 9.17) is 16.3 Å². The van der Waals surface area contributed by atoms with E-state index in [1.807, 2.05) is 32.0 Å². The van der Waals surface area contributed by atoms with Crippen LogP contribution in [0, 0.1) is 17.0 Å². The van der Waals surface area contributed by atoms with Crippen LogP contribution in [0.3, 0.4) is 0 Å². The van der Waals surface area contributed by atoms with Gasteiger partial charge in [0.25, 0.3) is 5.69 Å². The van der Waals surface area contributed by atoms with Crippen LogP contribution in [-0.2, 0) is 9.53 Å². The number of halogens is 2. The molecule has 0 aliphatic rings. The summed E-state index contributed by atoms with van der Waals surface area (Å²) in [6.07, 6.45) is 1.13. The van der Waals surface area contributed by atoms with Crippen molar-refractivity contribution in [3.8, 4) is 0 Å². The topological polar surface area (TPSA) is 97.4 Å². The minimum atomic E-state index is -0.530. The summed E-state index contributed by atoms with van der Waals surface area (Å²) < 4.78 is 5.42. The van der Waals surface area contributed by atoms with Crippen molar-refractivity contribution in [3.63, 3.8) is 0 Å². The Morgan fingerprint density at radius 3 is 2.67 bits per heavy atom. The minimum absolute atomic E-state index is 0.125. The molecule has 0 heterocycles. The van der Waals surface area contributed by atoms with E-state index in [1.165, 1.54) is 12.1 Å². The number of nitro groups is 1. The number of aryl methyl sites for hydroxylation is 1. The van der Waals surface area contributed by atoms with Gasteiger partial charge in [-0.1, -0.05) is 18.2 Å². The number of rotatable bonds is 9. The Labute approximate surface area is 187 Å². The van der Waals surface area contributed by atoms with Gasteiger partial charge in [0.05, 0.1) is 26.7 Å². The molecule has 0 fully saturated rings. The SMILES string of the molecule is C=CC(=O)OCCN(CC)c1ccc(N=Nc2c(Cl)cc([N+](=O)[O-])cc2Br)c(C)c1. The molecule has 0 aromatic heterocycles. The molecule has 0 atom stereocenters. The molecule has 0 unspecified atom stereocenters. The molecule has 0 spiro atoms. The highest BCUT2D eigenvalue weighted by molar-refractivity contribution is 9.10. The summed E-state index contributed by atoms with van der Waals surface area (Å²) in [5.41, 5.74) is 2.65. The predicted molar refractivity (Wildman–Crippen MR) is 120 cm³/mol. The van der Waals surface area contributed by atoms with E-state index in [-0.39, 0.29) is 17.3 Å². The molecule has 0 saturated carbocycles. The van der Waals surface area contributed by atoms with Crippen molar-refractivity contribution in [3.05, 3.63) is 68.2 Å². The number of azo groups is 1. The summed E-state index contributed by atoms with van der Waals surface area (Å²) in [5, 5.41) is 19.4. The third kappa shape index (κ3) is 6.11. The normalized spacial score (nSPS) is 10.8. The second-order valence-corrected chi connectivity index (χ2v) is 7.40. The zero-order valence-corrected chi connectivity index (χ0v) is 18.8. The first-order valence-corrected chi connectivity index (χ1v) is 10.1. The average Bonchev–Trinajstić information content (AvgIpc) is 2.71. The molecule has 10 heteroatoms. The summed E-state index contributed by atoms with van der Waals surface area (Å²) in [5.74, 6) is -0.450. The Kier molecular flexibility index (Phi) is 8.49. The molecule has 2 aromatic carbocycles. The summed E-state index contributed by atoms with van der Waals surface area (Å²) in [6.45, 7) is 8.81. The largest absolute Gasteiger partial charge is 0.461 e. The van der Waals surface area contributed by atoms with Gasteiger partial charge in [-0.15, -0.1) is 5.11 Å². The van der Waals surface area contributed by atoms with E-state index in [1.54, 1.807) is 0 Å². The first-order valence-electron chi connectivity index (χ1n) is 8.96. The summed E-state index contributed by atoms with van der Waals surface area (Å²) >= 11 is 9.36. The molecule has 30 heavy (non-hydrogen) atoms. The van der Waals surface area contributed by atoms with E-state index < -0.39 is 10.9 Å². The molecular formula is C20H20BrClN4O4. The molecule has 2 rings (SSSR count). The lowest BCUT2D eigenvalue weighted by molar-refractivity contribution is -0.384. The summed E-state index contributed by atoms with van der Waals surface area (Å²) in [6, 6.07) is 8.23. The smallest absolute Gasteiger partial charge is 0.330 e. The van der Waals surface area contributed by atoms with Crippen molar-refractivity contribution >= 4 is 56.2 Å². The van der Waals surface area contributed by atoms with Gasteiger partial charge in [0.2, 0.25) is 0 Å². The molecule has 0 radical (unpaired) electrons. The maximum Gasteiger partial charge on any atom is 0.330 e. The standard InChI is InChI=1S/C20H20BrClN4O4/c1-4-19(27)30-9-8-25(5-2)14-6-7-18(13(3)10-14)23-24-20-16(21)11-15(26(28)29)12-17(20)22/h4,6-7,10-12H,1,5,8-9H2,2-3H3. The van der Waals surface area contributed by atoms with Crippen LogP contribution in [0.2, 0.25) is 5.02 Å². The number of non-ortho nitro benzene ring substituents is 1. The number of ether oxygens (including phenoxy) is 1. The van der Waals surface area contributed by atoms with Gasteiger partial charge in [-0.05, 0) is 53.5 Å². The van der Waals surface area contributed by atoms with Crippen LogP contribution in [0.25, 0.3) is 0 Å². The van der Waals surface area contributed by atoms with Gasteiger partial charge in [-0.25, -0.2) is 4.79 Å². The summed E-state index contributed by atoms with van der Waals surface area (Å²) in [4.78, 5) is 23.6. The molecule has 0 aliphatic heterocycles. The molecule has 158 valence electrons. The van der Waals surface area contributed by atoms with Crippen LogP contribution >= 0.6 is 27.5 Å². The Morgan fingerprint density at radius 1 is 1.37 bits per heavy atom. The number of carbonyl (C=O) groups excluding carboxylic acids is 1. The highest BCUT2D eigenvalue weighted by atomic mass is 79.9. The van der Waals surface area contributed by atoms with E-state index in [9.17, 15) is 14.9 Å². The molecular weight excluding hydrogens is 476 g/mol. The van der Waals surface area contributed by atoms with Gasteiger partial charge in [-0.2, -0.15) is 5.11 Å². The molecule has 0 bridgehead atoms. The number of likely N-dealkylation sites (N-methyl/N-ethyl adjacent to an activating group) is 1. The van der Waals surface area contributed by atoms with Crippen molar-refractivity contribution in [1.82, 2.24) is 0 Å². The highest BCUT2D eigenvalue weighted by Crippen LogP contribution is 2.38. The fourth-order valence-corrected chi connectivity index (χ4v) is 3.48. The zero-order valence-electron chi connectivity index (χ0n) is 16.5. The van der Waals surface area contributed by atoms with Gasteiger partial charge in [0.15, 0.2) is 0 Å². The number of carbonyl (C=O) groups is 1. The molecule has 0 aliphatic carbocycles. The number of esters is 1. The lowest BCUT2D eigenvalue weighted by atomic mass is 10.1.